The molecule has 0 spiro atoms. The minimum absolute atomic E-state index is 0.0763. The van der Waals surface area contributed by atoms with Gasteiger partial charge in [0.25, 0.3) is 5.91 Å². The molecule has 0 radical (unpaired) electrons. The molecule has 1 unspecified atom stereocenters. The van der Waals surface area contributed by atoms with Gasteiger partial charge in [-0.15, -0.1) is 0 Å². The Morgan fingerprint density at radius 3 is 3.00 bits per heavy atom. The first kappa shape index (κ1) is 11.3. The molecule has 0 aliphatic carbocycles. The molecule has 0 aromatic carbocycles. The Hall–Kier alpha value is -1.82. The van der Waals surface area contributed by atoms with Crippen LogP contribution in [-0.2, 0) is 11.3 Å². The molecular weight excluding hydrogens is 236 g/mol. The maximum absolute atomic E-state index is 12.3. The monoisotopic (exact) mass is 250 g/mol. The van der Waals surface area contributed by atoms with E-state index >= 15 is 0 Å². The van der Waals surface area contributed by atoms with E-state index in [9.17, 15) is 14.7 Å². The molecule has 3 heterocycles. The van der Waals surface area contributed by atoms with Crippen LogP contribution in [0.3, 0.4) is 0 Å². The van der Waals surface area contributed by atoms with Crippen LogP contribution in [0, 0.1) is 6.92 Å². The van der Waals surface area contributed by atoms with Crippen molar-refractivity contribution in [2.45, 2.75) is 26.1 Å². The Kier molecular flexibility index (Phi) is 2.41. The number of hydrogen-bond donors (Lipinski definition) is 1. The number of nitrogens with zero attached hydrogens (tertiary/aromatic N) is 2. The van der Waals surface area contributed by atoms with Crippen LogP contribution < -0.4 is 5.43 Å². The Morgan fingerprint density at radius 1 is 1.44 bits per heavy atom. The average Bonchev–Trinajstić information content (AvgIpc) is 2.36. The van der Waals surface area contributed by atoms with Crippen molar-refractivity contribution < 1.29 is 14.6 Å². The van der Waals surface area contributed by atoms with Crippen LogP contribution in [0.4, 0.5) is 0 Å². The summed E-state index contributed by atoms with van der Waals surface area (Å²) in [5.74, 6) is -0.787. The molecular formula is C12H14N2O4. The van der Waals surface area contributed by atoms with Crippen LogP contribution in [0.2, 0.25) is 0 Å². The quantitative estimate of drug-likeness (QED) is 0.707. The first-order valence-corrected chi connectivity index (χ1v) is 5.95. The number of carbonyl (C=O) groups is 1. The van der Waals surface area contributed by atoms with Crippen molar-refractivity contribution in [3.05, 3.63) is 27.7 Å². The van der Waals surface area contributed by atoms with Crippen LogP contribution in [0.25, 0.3) is 0 Å². The molecule has 6 nitrogen and oxygen atoms in total. The standard InChI is InChI=1S/C12H14N2O4/c1-7-5-13-6-8-14(3-2-4-18-8)12(17)9(13)11(16)10(7)15/h5,8,16H,2-4,6H2,1H3. The predicted octanol–water partition coefficient (Wildman–Crippen LogP) is 0.0645. The number of aryl methyl sites for hydroxylation is 1. The minimum Gasteiger partial charge on any atom is -0.503 e. The van der Waals surface area contributed by atoms with Crippen LogP contribution in [0.1, 0.15) is 22.5 Å². The molecule has 0 bridgehead atoms. The highest BCUT2D eigenvalue weighted by molar-refractivity contribution is 5.96. The molecule has 1 aromatic heterocycles. The zero-order valence-electron chi connectivity index (χ0n) is 10.0. The Morgan fingerprint density at radius 2 is 2.22 bits per heavy atom. The van der Waals surface area contributed by atoms with Crippen molar-refractivity contribution in [2.75, 3.05) is 13.2 Å². The lowest BCUT2D eigenvalue weighted by molar-refractivity contribution is -0.0919. The third-order valence-electron chi connectivity index (χ3n) is 3.45. The molecule has 6 heteroatoms. The van der Waals surface area contributed by atoms with E-state index in [1.165, 1.54) is 0 Å². The smallest absolute Gasteiger partial charge is 0.276 e. The van der Waals surface area contributed by atoms with Crippen molar-refractivity contribution >= 4 is 5.91 Å². The van der Waals surface area contributed by atoms with Gasteiger partial charge in [0.2, 0.25) is 5.43 Å². The summed E-state index contributed by atoms with van der Waals surface area (Å²) in [4.78, 5) is 25.5. The number of fused-ring (bicyclic) bond motifs is 2. The van der Waals surface area contributed by atoms with Crippen molar-refractivity contribution in [3.63, 3.8) is 0 Å². The predicted molar refractivity (Wildman–Crippen MR) is 62.5 cm³/mol. The van der Waals surface area contributed by atoms with Gasteiger partial charge in [0.05, 0.1) is 13.2 Å². The van der Waals surface area contributed by atoms with E-state index in [2.05, 4.69) is 0 Å². The molecule has 0 saturated carbocycles. The van der Waals surface area contributed by atoms with E-state index in [0.717, 1.165) is 6.42 Å². The van der Waals surface area contributed by atoms with Gasteiger partial charge in [-0.05, 0) is 13.3 Å². The van der Waals surface area contributed by atoms with Gasteiger partial charge in [-0.2, -0.15) is 0 Å². The van der Waals surface area contributed by atoms with Gasteiger partial charge in [0.1, 0.15) is 0 Å². The van der Waals surface area contributed by atoms with Gasteiger partial charge < -0.3 is 19.3 Å². The molecule has 3 rings (SSSR count). The maximum atomic E-state index is 12.3. The number of carbonyl (C=O) groups excluding carboxylic acids is 1. The second kappa shape index (κ2) is 3.84. The van der Waals surface area contributed by atoms with Gasteiger partial charge in [0.15, 0.2) is 17.7 Å². The number of aromatic hydroxyl groups is 1. The van der Waals surface area contributed by atoms with Crippen LogP contribution in [0.15, 0.2) is 11.0 Å². The summed E-state index contributed by atoms with van der Waals surface area (Å²) in [6.07, 6.45) is 2.09. The summed E-state index contributed by atoms with van der Waals surface area (Å²) in [7, 11) is 0. The van der Waals surface area contributed by atoms with Gasteiger partial charge in [-0.3, -0.25) is 9.59 Å². The third-order valence-corrected chi connectivity index (χ3v) is 3.45. The molecule has 2 aliphatic heterocycles. The highest BCUT2D eigenvalue weighted by Crippen LogP contribution is 2.25. The van der Waals surface area contributed by atoms with Gasteiger partial charge in [-0.25, -0.2) is 0 Å². The fourth-order valence-electron chi connectivity index (χ4n) is 2.53. The summed E-state index contributed by atoms with van der Waals surface area (Å²) in [6, 6.07) is 0. The van der Waals surface area contributed by atoms with Crippen molar-refractivity contribution in [1.82, 2.24) is 9.47 Å². The topological polar surface area (TPSA) is 71.8 Å². The van der Waals surface area contributed by atoms with E-state index in [4.69, 9.17) is 4.74 Å². The van der Waals surface area contributed by atoms with E-state index in [-0.39, 0.29) is 17.8 Å². The molecule has 1 N–H and O–H groups in total. The zero-order chi connectivity index (χ0) is 12.9. The lowest BCUT2D eigenvalue weighted by atomic mass is 10.1. The van der Waals surface area contributed by atoms with Crippen molar-refractivity contribution in [3.8, 4) is 5.75 Å². The van der Waals surface area contributed by atoms with E-state index < -0.39 is 11.2 Å². The number of ether oxygens (including phenoxy) is 1. The molecule has 1 atom stereocenters. The summed E-state index contributed by atoms with van der Waals surface area (Å²) >= 11 is 0. The largest absolute Gasteiger partial charge is 0.503 e. The van der Waals surface area contributed by atoms with Gasteiger partial charge in [-0.1, -0.05) is 0 Å². The molecule has 96 valence electrons. The van der Waals surface area contributed by atoms with E-state index in [0.29, 0.717) is 25.3 Å². The lowest BCUT2D eigenvalue weighted by Gasteiger charge is -2.40. The SMILES string of the molecule is Cc1cn2c(c(O)c1=O)C(=O)N1CCCOC1C2. The highest BCUT2D eigenvalue weighted by atomic mass is 16.5. The molecule has 2 aliphatic rings. The first-order valence-electron chi connectivity index (χ1n) is 5.95. The number of pyridine rings is 1. The Balaban J connectivity index is 2.16. The number of hydrogen-bond acceptors (Lipinski definition) is 4. The fraction of sp³-hybridized carbons (Fsp3) is 0.500. The molecule has 1 amide bonds. The highest BCUT2D eigenvalue weighted by Gasteiger charge is 2.37. The number of rotatable bonds is 0. The maximum Gasteiger partial charge on any atom is 0.276 e. The minimum atomic E-state index is -0.481. The second-order valence-corrected chi connectivity index (χ2v) is 4.67. The molecule has 18 heavy (non-hydrogen) atoms. The molecule has 1 aromatic rings. The third kappa shape index (κ3) is 1.45. The number of aromatic nitrogens is 1. The summed E-state index contributed by atoms with van der Waals surface area (Å²) in [5.41, 5.74) is 0.0200. The zero-order valence-corrected chi connectivity index (χ0v) is 10.0. The van der Waals surface area contributed by atoms with Gasteiger partial charge >= 0.3 is 0 Å². The summed E-state index contributed by atoms with van der Waals surface area (Å²) < 4.78 is 7.16. The van der Waals surface area contributed by atoms with Crippen molar-refractivity contribution in [1.29, 1.82) is 0 Å². The van der Waals surface area contributed by atoms with E-state index in [1.54, 1.807) is 22.6 Å². The normalized spacial score (nSPS) is 22.6. The second-order valence-electron chi connectivity index (χ2n) is 4.67. The fourth-order valence-corrected chi connectivity index (χ4v) is 2.53. The van der Waals surface area contributed by atoms with Gasteiger partial charge in [0, 0.05) is 18.3 Å². The van der Waals surface area contributed by atoms with Crippen molar-refractivity contribution in [2.24, 2.45) is 0 Å². The van der Waals surface area contributed by atoms with Crippen LogP contribution in [-0.4, -0.2) is 39.9 Å². The number of amides is 1. The van der Waals surface area contributed by atoms with Crippen LogP contribution in [0.5, 0.6) is 5.75 Å². The van der Waals surface area contributed by atoms with Crippen LogP contribution >= 0.6 is 0 Å². The molecule has 1 saturated heterocycles. The average molecular weight is 250 g/mol. The molecule has 1 fully saturated rings. The summed E-state index contributed by atoms with van der Waals surface area (Å²) in [6.45, 7) is 3.31. The summed E-state index contributed by atoms with van der Waals surface area (Å²) in [5, 5.41) is 9.86. The van der Waals surface area contributed by atoms with E-state index in [1.807, 2.05) is 0 Å². The Labute approximate surface area is 103 Å². The first-order chi connectivity index (χ1) is 8.59. The Bertz CT molecular complexity index is 578. The lowest BCUT2D eigenvalue weighted by Crippen LogP contribution is -2.53.